The smallest absolute Gasteiger partial charge is 0.408 e. The van der Waals surface area contributed by atoms with Crippen molar-refractivity contribution in [1.29, 1.82) is 0 Å². The lowest BCUT2D eigenvalue weighted by Gasteiger charge is -2.30. The lowest BCUT2D eigenvalue weighted by Crippen LogP contribution is -2.58. The largest absolute Gasteiger partial charge is 0.471 e. The molecule has 0 bridgehead atoms. The molecule has 55 heavy (non-hydrogen) atoms. The van der Waals surface area contributed by atoms with E-state index >= 15 is 0 Å². The molecular formula is C37H46N8O8S2. The van der Waals surface area contributed by atoms with Gasteiger partial charge in [-0.25, -0.2) is 23.2 Å². The monoisotopic (exact) mass is 794 g/mol. The fraction of sp³-hybridized carbons (Fsp3) is 0.595. The minimum absolute atomic E-state index is 0.0274. The van der Waals surface area contributed by atoms with Gasteiger partial charge in [0, 0.05) is 19.4 Å². The van der Waals surface area contributed by atoms with Crippen molar-refractivity contribution in [1.82, 2.24) is 39.8 Å². The molecule has 0 radical (unpaired) electrons. The molecule has 5 heterocycles. The van der Waals surface area contributed by atoms with Crippen LogP contribution >= 0.6 is 11.3 Å². The number of hydrogen-bond acceptors (Lipinski definition) is 12. The topological polar surface area (TPSA) is 204 Å². The maximum atomic E-state index is 14.6. The summed E-state index contributed by atoms with van der Waals surface area (Å²) in [6.45, 7) is -0.0274. The van der Waals surface area contributed by atoms with Gasteiger partial charge in [-0.1, -0.05) is 31.1 Å². The molecule has 3 aliphatic carbocycles. The second-order valence-electron chi connectivity index (χ2n) is 15.4. The molecule has 1 unspecified atom stereocenters. The molecule has 3 N–H and O–H groups in total. The molecule has 5 atom stereocenters. The van der Waals surface area contributed by atoms with Crippen LogP contribution in [0.4, 0.5) is 4.79 Å². The average molecular weight is 795 g/mol. The molecule has 3 saturated carbocycles. The van der Waals surface area contributed by atoms with Crippen molar-refractivity contribution in [3.63, 3.8) is 0 Å². The fourth-order valence-electron chi connectivity index (χ4n) is 7.92. The summed E-state index contributed by atoms with van der Waals surface area (Å²) in [5, 5.41) is 6.99. The molecule has 4 amide bonds. The third kappa shape index (κ3) is 7.92. The number of aromatic nitrogens is 4. The van der Waals surface area contributed by atoms with Gasteiger partial charge in [0.05, 0.1) is 23.0 Å². The Hall–Kier alpha value is -4.58. The zero-order valence-corrected chi connectivity index (χ0v) is 32.3. The SMILES string of the molecule is Cn1cnc2nc(-c3cccs3)c(O[C@@H]3C[C@H]4C(=O)N[C@]5(C(=O)NS(=O)(=O)C6CC6)CC5/C=C\CCCCC[C@@H](NC(=O)OC5CCCC5)C(=O)N4C3)nc21. The number of nitrogens with zero attached hydrogens (tertiary/aromatic N) is 5. The highest BCUT2D eigenvalue weighted by Crippen LogP contribution is 2.46. The number of nitrogens with one attached hydrogen (secondary N) is 3. The number of thiophene rings is 1. The van der Waals surface area contributed by atoms with Crippen LogP contribution in [0.3, 0.4) is 0 Å². The number of sulfonamides is 1. The van der Waals surface area contributed by atoms with Crippen LogP contribution in [-0.2, 0) is 36.2 Å². The maximum absolute atomic E-state index is 14.6. The van der Waals surface area contributed by atoms with E-state index in [1.807, 2.05) is 29.7 Å². The van der Waals surface area contributed by atoms with E-state index in [2.05, 4.69) is 20.3 Å². The number of rotatable bonds is 8. The van der Waals surface area contributed by atoms with Gasteiger partial charge in [0.1, 0.15) is 35.5 Å². The summed E-state index contributed by atoms with van der Waals surface area (Å²) in [6, 6.07) is 1.68. The lowest BCUT2D eigenvalue weighted by molar-refractivity contribution is -0.141. The van der Waals surface area contributed by atoms with Crippen LogP contribution in [0.2, 0.25) is 0 Å². The first-order chi connectivity index (χ1) is 26.5. The Morgan fingerprint density at radius 1 is 1.04 bits per heavy atom. The first-order valence-corrected chi connectivity index (χ1v) is 21.7. The standard InChI is InChI=1S/C37H46N8O8S2/c1-44-21-38-30-31(44)41-33(29(40-30)28-14-9-17-54-28)52-24-18-27-32(46)42-37(35(48)43-55(50,51)25-15-16-25)19-22(37)10-5-3-2-4-6-13-26(34(47)45(27)20-24)39-36(49)53-23-11-7-8-12-23/h5,9-10,14,17,21-27H,2-4,6-8,11-13,15-16,18-20H2,1H3,(H,39,49)(H,42,46)(H,43,48)/b10-5-/t22?,24-,26-,27+,37-/m1/s1. The summed E-state index contributed by atoms with van der Waals surface area (Å²) in [7, 11) is -2.10. The summed E-state index contributed by atoms with van der Waals surface area (Å²) < 4.78 is 41.9. The number of fused-ring (bicyclic) bond motifs is 3. The molecule has 3 aromatic heterocycles. The first kappa shape index (κ1) is 37.3. The van der Waals surface area contributed by atoms with Gasteiger partial charge in [-0.3, -0.25) is 19.1 Å². The molecule has 5 aliphatic rings. The van der Waals surface area contributed by atoms with Crippen molar-refractivity contribution in [2.24, 2.45) is 13.0 Å². The van der Waals surface area contributed by atoms with E-state index in [4.69, 9.17) is 19.4 Å². The van der Waals surface area contributed by atoms with E-state index in [1.165, 1.54) is 16.2 Å². The van der Waals surface area contributed by atoms with Gasteiger partial charge in [-0.15, -0.1) is 11.3 Å². The molecule has 4 fully saturated rings. The third-order valence-electron chi connectivity index (χ3n) is 11.3. The van der Waals surface area contributed by atoms with Crippen molar-refractivity contribution >= 4 is 56.5 Å². The summed E-state index contributed by atoms with van der Waals surface area (Å²) in [4.78, 5) is 72.1. The third-order valence-corrected chi connectivity index (χ3v) is 14.0. The highest BCUT2D eigenvalue weighted by Gasteiger charge is 2.62. The zero-order chi connectivity index (χ0) is 38.3. The maximum Gasteiger partial charge on any atom is 0.408 e. The van der Waals surface area contributed by atoms with Gasteiger partial charge < -0.3 is 29.6 Å². The Morgan fingerprint density at radius 3 is 2.60 bits per heavy atom. The van der Waals surface area contributed by atoms with E-state index in [0.717, 1.165) is 43.4 Å². The normalized spacial score (nSPS) is 28.3. The van der Waals surface area contributed by atoms with Crippen LogP contribution in [0.1, 0.15) is 83.5 Å². The molecule has 1 saturated heterocycles. The van der Waals surface area contributed by atoms with Gasteiger partial charge in [-0.05, 0) is 75.7 Å². The molecule has 294 valence electrons. The van der Waals surface area contributed by atoms with E-state index in [0.29, 0.717) is 49.1 Å². The van der Waals surface area contributed by atoms with E-state index in [1.54, 1.807) is 17.9 Å². The Morgan fingerprint density at radius 2 is 1.84 bits per heavy atom. The predicted octanol–water partition coefficient (Wildman–Crippen LogP) is 3.48. The van der Waals surface area contributed by atoms with Crippen molar-refractivity contribution in [2.75, 3.05) is 6.54 Å². The fourth-order valence-corrected chi connectivity index (χ4v) is 9.99. The highest BCUT2D eigenvalue weighted by molar-refractivity contribution is 7.91. The molecule has 16 nitrogen and oxygen atoms in total. The van der Waals surface area contributed by atoms with Crippen LogP contribution in [0.25, 0.3) is 21.9 Å². The lowest BCUT2D eigenvalue weighted by atomic mass is 10.0. The van der Waals surface area contributed by atoms with Crippen molar-refractivity contribution in [2.45, 2.75) is 119 Å². The van der Waals surface area contributed by atoms with E-state index in [-0.39, 0.29) is 31.4 Å². The molecule has 2 aliphatic heterocycles. The van der Waals surface area contributed by atoms with Gasteiger partial charge >= 0.3 is 6.09 Å². The minimum Gasteiger partial charge on any atom is -0.471 e. The van der Waals surface area contributed by atoms with Crippen LogP contribution in [0.5, 0.6) is 5.88 Å². The molecular weight excluding hydrogens is 749 g/mol. The number of allylic oxidation sites excluding steroid dienone is 1. The summed E-state index contributed by atoms with van der Waals surface area (Å²) in [6.07, 6.45) is 11.7. The number of alkyl carbamates (subject to hydrolysis) is 1. The van der Waals surface area contributed by atoms with Crippen molar-refractivity contribution in [3.8, 4) is 16.5 Å². The number of hydrogen-bond donors (Lipinski definition) is 3. The summed E-state index contributed by atoms with van der Waals surface area (Å²) in [5.74, 6) is -2.10. The van der Waals surface area contributed by atoms with Gasteiger partial charge in [-0.2, -0.15) is 4.98 Å². The number of carbonyl (C=O) groups excluding carboxylic acids is 4. The second-order valence-corrected chi connectivity index (χ2v) is 18.3. The van der Waals surface area contributed by atoms with Gasteiger partial charge in [0.15, 0.2) is 11.3 Å². The molecule has 3 aromatic rings. The van der Waals surface area contributed by atoms with Crippen molar-refractivity contribution in [3.05, 3.63) is 36.0 Å². The molecule has 18 heteroatoms. The number of aryl methyl sites for hydroxylation is 1. The van der Waals surface area contributed by atoms with E-state index in [9.17, 15) is 27.6 Å². The number of carbonyl (C=O) groups is 4. The van der Waals surface area contributed by atoms with Crippen LogP contribution in [0, 0.1) is 5.92 Å². The second kappa shape index (κ2) is 15.2. The predicted molar refractivity (Wildman–Crippen MR) is 201 cm³/mol. The van der Waals surface area contributed by atoms with Crippen LogP contribution < -0.4 is 20.1 Å². The average Bonchev–Trinajstić information content (AvgIpc) is 3.78. The van der Waals surface area contributed by atoms with Crippen LogP contribution in [0.15, 0.2) is 36.0 Å². The van der Waals surface area contributed by atoms with Crippen LogP contribution in [-0.4, -0.2) is 98.3 Å². The Labute approximate surface area is 322 Å². The quantitative estimate of drug-likeness (QED) is 0.282. The summed E-state index contributed by atoms with van der Waals surface area (Å²) >= 11 is 1.45. The minimum atomic E-state index is -3.89. The highest BCUT2D eigenvalue weighted by atomic mass is 32.2. The molecule has 8 rings (SSSR count). The number of amides is 4. The van der Waals surface area contributed by atoms with Crippen molar-refractivity contribution < 1.29 is 37.1 Å². The van der Waals surface area contributed by atoms with Gasteiger partial charge in [0.25, 0.3) is 5.91 Å². The Bertz CT molecular complexity index is 2100. The Kier molecular flexibility index (Phi) is 10.3. The number of imidazole rings is 1. The molecule has 0 spiro atoms. The van der Waals surface area contributed by atoms with E-state index < -0.39 is 68.7 Å². The first-order valence-electron chi connectivity index (χ1n) is 19.2. The zero-order valence-electron chi connectivity index (χ0n) is 30.6. The Balaban J connectivity index is 1.10. The number of ether oxygens (including phenoxy) is 2. The molecule has 0 aromatic carbocycles. The summed E-state index contributed by atoms with van der Waals surface area (Å²) in [5.41, 5.74) is -0.112. The van der Waals surface area contributed by atoms with Gasteiger partial charge in [0.2, 0.25) is 27.7 Å².